The molecule has 0 aliphatic carbocycles. The van der Waals surface area contributed by atoms with Gasteiger partial charge in [0.05, 0.1) is 0 Å². The zero-order valence-corrected chi connectivity index (χ0v) is 8.77. The van der Waals surface area contributed by atoms with E-state index in [2.05, 4.69) is 18.2 Å². The van der Waals surface area contributed by atoms with Crippen molar-refractivity contribution >= 4 is 32.9 Å². The van der Waals surface area contributed by atoms with Crippen LogP contribution in [0.4, 0.5) is 11.4 Å². The van der Waals surface area contributed by atoms with Crippen molar-refractivity contribution in [1.82, 2.24) is 0 Å². The van der Waals surface area contributed by atoms with Crippen molar-refractivity contribution in [1.29, 1.82) is 0 Å². The summed E-state index contributed by atoms with van der Waals surface area (Å²) in [6.45, 7) is 0. The average molecular weight is 208 g/mol. The lowest BCUT2D eigenvalue weighted by Gasteiger charge is -2.07. The first-order chi connectivity index (χ1) is 7.75. The number of anilines is 2. The van der Waals surface area contributed by atoms with Crippen molar-refractivity contribution in [2.24, 2.45) is 0 Å². The maximum atomic E-state index is 6.03. The van der Waals surface area contributed by atoms with Crippen LogP contribution in [-0.2, 0) is 0 Å². The Morgan fingerprint density at radius 3 is 2.38 bits per heavy atom. The number of nitrogen functional groups attached to an aromatic ring is 2. The average Bonchev–Trinajstić information content (AvgIpc) is 2.28. The predicted molar refractivity (Wildman–Crippen MR) is 70.3 cm³/mol. The summed E-state index contributed by atoms with van der Waals surface area (Å²) in [5.74, 6) is 0. The molecule has 0 aromatic heterocycles. The lowest BCUT2D eigenvalue weighted by Crippen LogP contribution is -1.89. The quantitative estimate of drug-likeness (QED) is 0.440. The van der Waals surface area contributed by atoms with Crippen LogP contribution in [0.25, 0.3) is 21.5 Å². The number of nitrogens with two attached hydrogens (primary N) is 2. The van der Waals surface area contributed by atoms with Crippen molar-refractivity contribution < 1.29 is 0 Å². The number of hydrogen-bond donors (Lipinski definition) is 2. The Labute approximate surface area is 93.5 Å². The van der Waals surface area contributed by atoms with Gasteiger partial charge in [-0.25, -0.2) is 0 Å². The van der Waals surface area contributed by atoms with Crippen LogP contribution in [0.2, 0.25) is 0 Å². The normalized spacial score (nSPS) is 11.0. The first-order valence-corrected chi connectivity index (χ1v) is 5.22. The van der Waals surface area contributed by atoms with E-state index < -0.39 is 0 Å². The van der Waals surface area contributed by atoms with Crippen LogP contribution in [0.15, 0.2) is 48.5 Å². The summed E-state index contributed by atoms with van der Waals surface area (Å²) < 4.78 is 0. The molecule has 16 heavy (non-hydrogen) atoms. The standard InChI is InChI=1S/C14H12N2/c15-11-7-6-9-4-5-10-2-1-3-13(16)14(10)12(9)8-11/h1-8H,15-16H2. The van der Waals surface area contributed by atoms with Gasteiger partial charge in [-0.1, -0.05) is 30.3 Å². The lowest BCUT2D eigenvalue weighted by atomic mass is 10.0. The Bertz CT molecular complexity index is 687. The molecular formula is C14H12N2. The predicted octanol–water partition coefficient (Wildman–Crippen LogP) is 3.16. The highest BCUT2D eigenvalue weighted by molar-refractivity contribution is 6.13. The van der Waals surface area contributed by atoms with E-state index >= 15 is 0 Å². The molecule has 0 saturated heterocycles. The fourth-order valence-corrected chi connectivity index (χ4v) is 2.15. The molecule has 0 radical (unpaired) electrons. The highest BCUT2D eigenvalue weighted by Crippen LogP contribution is 2.30. The van der Waals surface area contributed by atoms with Crippen molar-refractivity contribution in [3.8, 4) is 0 Å². The van der Waals surface area contributed by atoms with Crippen LogP contribution >= 0.6 is 0 Å². The maximum Gasteiger partial charge on any atom is 0.0400 e. The molecule has 0 fully saturated rings. The number of benzene rings is 3. The molecule has 0 amide bonds. The van der Waals surface area contributed by atoms with Gasteiger partial charge in [0, 0.05) is 16.8 Å². The van der Waals surface area contributed by atoms with Gasteiger partial charge in [0.15, 0.2) is 0 Å². The van der Waals surface area contributed by atoms with Crippen LogP contribution in [0.3, 0.4) is 0 Å². The SMILES string of the molecule is Nc1ccc2ccc3cccc(N)c3c2c1. The molecule has 0 saturated carbocycles. The Morgan fingerprint density at radius 1 is 0.750 bits per heavy atom. The van der Waals surface area contributed by atoms with E-state index in [9.17, 15) is 0 Å². The Morgan fingerprint density at radius 2 is 1.50 bits per heavy atom. The van der Waals surface area contributed by atoms with Crippen molar-refractivity contribution in [3.05, 3.63) is 48.5 Å². The van der Waals surface area contributed by atoms with Gasteiger partial charge in [-0.05, 0) is 34.4 Å². The van der Waals surface area contributed by atoms with Gasteiger partial charge < -0.3 is 11.5 Å². The molecule has 0 heterocycles. The second kappa shape index (κ2) is 3.14. The van der Waals surface area contributed by atoms with Gasteiger partial charge in [0.2, 0.25) is 0 Å². The molecule has 0 bridgehead atoms. The largest absolute Gasteiger partial charge is 0.399 e. The van der Waals surface area contributed by atoms with Crippen LogP contribution in [0.5, 0.6) is 0 Å². The fraction of sp³-hybridized carbons (Fsp3) is 0. The van der Waals surface area contributed by atoms with Gasteiger partial charge in [-0.2, -0.15) is 0 Å². The van der Waals surface area contributed by atoms with E-state index in [0.29, 0.717) is 0 Å². The van der Waals surface area contributed by atoms with Crippen molar-refractivity contribution in [2.45, 2.75) is 0 Å². The zero-order valence-electron chi connectivity index (χ0n) is 8.77. The summed E-state index contributed by atoms with van der Waals surface area (Å²) in [6.07, 6.45) is 0. The molecule has 2 heteroatoms. The number of fused-ring (bicyclic) bond motifs is 3. The van der Waals surface area contributed by atoms with E-state index in [1.165, 1.54) is 5.39 Å². The third-order valence-corrected chi connectivity index (χ3v) is 2.92. The molecule has 2 nitrogen and oxygen atoms in total. The van der Waals surface area contributed by atoms with Crippen molar-refractivity contribution in [3.63, 3.8) is 0 Å². The molecule has 3 rings (SSSR count). The summed E-state index contributed by atoms with van der Waals surface area (Å²) in [4.78, 5) is 0. The molecule has 3 aromatic rings. The fourth-order valence-electron chi connectivity index (χ4n) is 2.15. The minimum Gasteiger partial charge on any atom is -0.399 e. The summed E-state index contributed by atoms with van der Waals surface area (Å²) in [7, 11) is 0. The van der Waals surface area contributed by atoms with Gasteiger partial charge in [-0.15, -0.1) is 0 Å². The van der Waals surface area contributed by atoms with Crippen LogP contribution in [0.1, 0.15) is 0 Å². The van der Waals surface area contributed by atoms with Gasteiger partial charge in [-0.3, -0.25) is 0 Å². The van der Waals surface area contributed by atoms with Crippen LogP contribution in [0, 0.1) is 0 Å². The molecule has 0 unspecified atom stereocenters. The molecule has 3 aromatic carbocycles. The summed E-state index contributed by atoms with van der Waals surface area (Å²) in [6, 6.07) is 16.0. The molecule has 0 spiro atoms. The summed E-state index contributed by atoms with van der Waals surface area (Å²) in [5, 5.41) is 4.53. The first-order valence-electron chi connectivity index (χ1n) is 5.22. The highest BCUT2D eigenvalue weighted by Gasteiger charge is 2.03. The van der Waals surface area contributed by atoms with E-state index in [4.69, 9.17) is 11.5 Å². The second-order valence-electron chi connectivity index (χ2n) is 3.99. The Kier molecular flexibility index (Phi) is 1.77. The van der Waals surface area contributed by atoms with Crippen LogP contribution < -0.4 is 11.5 Å². The number of hydrogen-bond acceptors (Lipinski definition) is 2. The summed E-state index contributed by atoms with van der Waals surface area (Å²) >= 11 is 0. The highest BCUT2D eigenvalue weighted by atomic mass is 14.6. The third kappa shape index (κ3) is 1.20. The van der Waals surface area contributed by atoms with E-state index in [1.54, 1.807) is 0 Å². The molecule has 0 aliphatic heterocycles. The van der Waals surface area contributed by atoms with Crippen LogP contribution in [-0.4, -0.2) is 0 Å². The van der Waals surface area contributed by atoms with Gasteiger partial charge in [0.25, 0.3) is 0 Å². The van der Waals surface area contributed by atoms with Gasteiger partial charge >= 0.3 is 0 Å². The number of rotatable bonds is 0. The maximum absolute atomic E-state index is 6.03. The monoisotopic (exact) mass is 208 g/mol. The minimum atomic E-state index is 0.767. The van der Waals surface area contributed by atoms with E-state index in [0.717, 1.165) is 27.5 Å². The third-order valence-electron chi connectivity index (χ3n) is 2.92. The van der Waals surface area contributed by atoms with E-state index in [-0.39, 0.29) is 0 Å². The zero-order chi connectivity index (χ0) is 11.1. The molecular weight excluding hydrogens is 196 g/mol. The Hall–Kier alpha value is -2.22. The summed E-state index contributed by atoms with van der Waals surface area (Å²) in [5.41, 5.74) is 13.4. The van der Waals surface area contributed by atoms with Crippen molar-refractivity contribution in [2.75, 3.05) is 11.5 Å². The van der Waals surface area contributed by atoms with E-state index in [1.807, 2.05) is 30.3 Å². The molecule has 0 atom stereocenters. The molecule has 78 valence electrons. The first kappa shape index (κ1) is 9.04. The Balaban J connectivity index is 2.61. The molecule has 4 N–H and O–H groups in total. The lowest BCUT2D eigenvalue weighted by molar-refractivity contribution is 1.73. The topological polar surface area (TPSA) is 52.0 Å². The van der Waals surface area contributed by atoms with Gasteiger partial charge in [0.1, 0.15) is 0 Å². The smallest absolute Gasteiger partial charge is 0.0400 e. The second-order valence-corrected chi connectivity index (χ2v) is 3.99. The molecule has 0 aliphatic rings. The minimum absolute atomic E-state index is 0.767.